The average Bonchev–Trinajstić information content (AvgIpc) is 2.59. The summed E-state index contributed by atoms with van der Waals surface area (Å²) in [6, 6.07) is 5.77. The van der Waals surface area contributed by atoms with E-state index in [1.165, 1.54) is 21.9 Å². The highest BCUT2D eigenvalue weighted by Crippen LogP contribution is 2.07. The minimum absolute atomic E-state index is 0.0673. The maximum absolute atomic E-state index is 12.9. The van der Waals surface area contributed by atoms with Crippen LogP contribution in [0.15, 0.2) is 24.3 Å². The summed E-state index contributed by atoms with van der Waals surface area (Å²) >= 11 is 0. The fourth-order valence-electron chi connectivity index (χ4n) is 2.97. The monoisotopic (exact) mass is 352 g/mol. The van der Waals surface area contributed by atoms with E-state index in [0.29, 0.717) is 18.8 Å². The highest BCUT2D eigenvalue weighted by Gasteiger charge is 2.26. The summed E-state index contributed by atoms with van der Waals surface area (Å²) in [6.07, 6.45) is 2.09. The minimum Gasteiger partial charge on any atom is -0.351 e. The van der Waals surface area contributed by atoms with Crippen molar-refractivity contribution in [2.45, 2.75) is 19.8 Å². The van der Waals surface area contributed by atoms with E-state index in [4.69, 9.17) is 0 Å². The molecule has 0 bridgehead atoms. The van der Waals surface area contributed by atoms with E-state index in [1.807, 2.05) is 0 Å². The smallest absolute Gasteiger partial charge is 0.279 e. The molecule has 0 saturated carbocycles. The van der Waals surface area contributed by atoms with E-state index in [2.05, 4.69) is 17.6 Å². The maximum Gasteiger partial charge on any atom is 0.279 e. The number of benzene rings is 1. The molecular weight excluding hydrogens is 323 g/mol. The van der Waals surface area contributed by atoms with E-state index >= 15 is 0 Å². The second-order valence-electron chi connectivity index (χ2n) is 6.61. The van der Waals surface area contributed by atoms with Gasteiger partial charge >= 0.3 is 0 Å². The second-order valence-corrected chi connectivity index (χ2v) is 6.61. The van der Waals surface area contributed by atoms with Gasteiger partial charge in [-0.05, 0) is 30.7 Å². The molecule has 0 aromatic heterocycles. The van der Waals surface area contributed by atoms with Crippen LogP contribution in [0.25, 0.3) is 0 Å². The van der Waals surface area contributed by atoms with E-state index < -0.39 is 0 Å². The normalized spacial score (nSPS) is 20.1. The van der Waals surface area contributed by atoms with Crippen LogP contribution in [-0.4, -0.2) is 57.6 Å². The van der Waals surface area contributed by atoms with Gasteiger partial charge in [0.1, 0.15) is 32.0 Å². The van der Waals surface area contributed by atoms with Gasteiger partial charge in [0.05, 0.1) is 0 Å². The van der Waals surface area contributed by atoms with Gasteiger partial charge in [-0.15, -0.1) is 0 Å². The van der Waals surface area contributed by atoms with Gasteiger partial charge in [-0.25, -0.2) is 4.39 Å². The lowest BCUT2D eigenvalue weighted by molar-refractivity contribution is -1.00. The van der Waals surface area contributed by atoms with Gasteiger partial charge in [0.25, 0.3) is 11.8 Å². The Morgan fingerprint density at radius 1 is 1.00 bits per heavy atom. The number of halogens is 1. The summed E-state index contributed by atoms with van der Waals surface area (Å²) in [4.78, 5) is 26.4. The number of rotatable bonds is 8. The zero-order chi connectivity index (χ0) is 18.1. The van der Waals surface area contributed by atoms with Crippen molar-refractivity contribution in [2.24, 2.45) is 0 Å². The molecule has 1 aromatic rings. The Kier molecular flexibility index (Phi) is 7.81. The molecule has 1 aromatic carbocycles. The molecule has 1 saturated heterocycles. The number of unbranched alkanes of at least 4 members (excludes halogenated alkanes) is 1. The van der Waals surface area contributed by atoms with Crippen molar-refractivity contribution in [3.05, 3.63) is 30.1 Å². The summed E-state index contributed by atoms with van der Waals surface area (Å²) in [5.41, 5.74) is 0.610. The molecule has 138 valence electrons. The van der Waals surface area contributed by atoms with E-state index in [1.54, 1.807) is 12.1 Å². The molecule has 4 N–H and O–H groups in total. The number of piperazine rings is 1. The molecule has 1 fully saturated rings. The van der Waals surface area contributed by atoms with Crippen LogP contribution in [0.5, 0.6) is 0 Å². The third-order valence-electron chi connectivity index (χ3n) is 4.47. The second kappa shape index (κ2) is 10.1. The summed E-state index contributed by atoms with van der Waals surface area (Å²) in [6.45, 7) is 7.28. The molecule has 0 radical (unpaired) electrons. The Hall–Kier alpha value is -1.99. The number of amides is 2. The number of nitrogens with one attached hydrogen (secondary N) is 4. The number of carbonyl (C=O) groups is 2. The maximum atomic E-state index is 12.9. The quantitative estimate of drug-likeness (QED) is 0.429. The number of anilines is 1. The number of hydrogen-bond donors (Lipinski definition) is 4. The molecule has 0 aliphatic carbocycles. The lowest BCUT2D eigenvalue weighted by atomic mass is 10.3. The van der Waals surface area contributed by atoms with Crippen LogP contribution in [0, 0.1) is 5.82 Å². The van der Waals surface area contributed by atoms with Crippen LogP contribution in [0.1, 0.15) is 19.8 Å². The summed E-state index contributed by atoms with van der Waals surface area (Å²) < 4.78 is 12.9. The Morgan fingerprint density at radius 3 is 2.12 bits per heavy atom. The largest absolute Gasteiger partial charge is 0.351 e. The molecule has 6 nitrogen and oxygen atoms in total. The molecule has 1 aliphatic heterocycles. The van der Waals surface area contributed by atoms with Crippen molar-refractivity contribution in [1.82, 2.24) is 5.32 Å². The predicted molar refractivity (Wildman–Crippen MR) is 94.1 cm³/mol. The molecule has 0 atom stereocenters. The molecule has 25 heavy (non-hydrogen) atoms. The zero-order valence-electron chi connectivity index (χ0n) is 14.9. The van der Waals surface area contributed by atoms with Crippen LogP contribution in [-0.2, 0) is 9.59 Å². The number of hydrogen-bond acceptors (Lipinski definition) is 2. The van der Waals surface area contributed by atoms with Gasteiger partial charge in [-0.2, -0.15) is 0 Å². The van der Waals surface area contributed by atoms with Crippen LogP contribution >= 0.6 is 0 Å². The minimum atomic E-state index is -0.318. The summed E-state index contributed by atoms with van der Waals surface area (Å²) in [5.74, 6) is -0.273. The van der Waals surface area contributed by atoms with Gasteiger partial charge in [0, 0.05) is 12.2 Å². The van der Waals surface area contributed by atoms with Crippen LogP contribution in [0.4, 0.5) is 10.1 Å². The molecule has 7 heteroatoms. The Bertz CT molecular complexity index is 557. The Labute approximate surface area is 148 Å². The molecule has 0 spiro atoms. The van der Waals surface area contributed by atoms with Crippen LogP contribution < -0.4 is 20.4 Å². The van der Waals surface area contributed by atoms with Gasteiger partial charge in [0.15, 0.2) is 13.1 Å². The molecular formula is C18H29FN4O2+2. The number of carbonyl (C=O) groups excluding carboxylic acids is 2. The van der Waals surface area contributed by atoms with Crippen LogP contribution in [0.3, 0.4) is 0 Å². The molecule has 0 unspecified atom stereocenters. The lowest BCUT2D eigenvalue weighted by Gasteiger charge is -2.28. The molecule has 2 rings (SSSR count). The molecule has 1 aliphatic rings. The van der Waals surface area contributed by atoms with Gasteiger partial charge in [0.2, 0.25) is 0 Å². The fraction of sp³-hybridized carbons (Fsp3) is 0.556. The first-order valence-corrected chi connectivity index (χ1v) is 9.06. The van der Waals surface area contributed by atoms with Crippen molar-refractivity contribution in [3.8, 4) is 0 Å². The van der Waals surface area contributed by atoms with Crippen molar-refractivity contribution in [2.75, 3.05) is 51.1 Å². The lowest BCUT2D eigenvalue weighted by Crippen LogP contribution is -3.28. The average molecular weight is 352 g/mol. The SMILES string of the molecule is CCCCNC(=O)C[NH+]1CC[NH+](CC(=O)Nc2ccc(F)cc2)CC1. The Balaban J connectivity index is 1.65. The zero-order valence-corrected chi connectivity index (χ0v) is 14.9. The summed E-state index contributed by atoms with van der Waals surface area (Å²) in [5, 5.41) is 5.74. The topological polar surface area (TPSA) is 67.1 Å². The highest BCUT2D eigenvalue weighted by molar-refractivity contribution is 5.91. The van der Waals surface area contributed by atoms with Crippen molar-refractivity contribution in [3.63, 3.8) is 0 Å². The van der Waals surface area contributed by atoms with Crippen molar-refractivity contribution >= 4 is 17.5 Å². The van der Waals surface area contributed by atoms with E-state index in [9.17, 15) is 14.0 Å². The van der Waals surface area contributed by atoms with E-state index in [0.717, 1.165) is 45.6 Å². The Morgan fingerprint density at radius 2 is 1.56 bits per heavy atom. The van der Waals surface area contributed by atoms with Crippen molar-refractivity contribution in [1.29, 1.82) is 0 Å². The third kappa shape index (κ3) is 7.19. The van der Waals surface area contributed by atoms with Crippen LogP contribution in [0.2, 0.25) is 0 Å². The highest BCUT2D eigenvalue weighted by atomic mass is 19.1. The van der Waals surface area contributed by atoms with Crippen molar-refractivity contribution < 1.29 is 23.8 Å². The first-order valence-electron chi connectivity index (χ1n) is 9.06. The molecule has 2 amide bonds. The fourth-order valence-corrected chi connectivity index (χ4v) is 2.97. The standard InChI is InChI=1S/C18H27FN4O2/c1-2-3-8-20-17(24)13-22-9-11-23(12-10-22)14-18(25)21-16-6-4-15(19)5-7-16/h4-7H,2-3,8-14H2,1H3,(H,20,24)(H,21,25)/p+2. The first-order chi connectivity index (χ1) is 12.1. The van der Waals surface area contributed by atoms with Gasteiger partial charge in [-0.1, -0.05) is 13.3 Å². The first kappa shape index (κ1) is 19.3. The van der Waals surface area contributed by atoms with Gasteiger partial charge in [-0.3, -0.25) is 9.59 Å². The molecule has 1 heterocycles. The predicted octanol–water partition coefficient (Wildman–Crippen LogP) is -1.54. The third-order valence-corrected chi connectivity index (χ3v) is 4.47. The summed E-state index contributed by atoms with van der Waals surface area (Å²) in [7, 11) is 0. The van der Waals surface area contributed by atoms with Gasteiger partial charge < -0.3 is 20.4 Å². The van der Waals surface area contributed by atoms with E-state index in [-0.39, 0.29) is 17.6 Å². The number of quaternary nitrogens is 2.